The quantitative estimate of drug-likeness (QED) is 0.934. The van der Waals surface area contributed by atoms with Gasteiger partial charge in [0, 0.05) is 18.0 Å². The molecule has 1 N–H and O–H groups in total. The van der Waals surface area contributed by atoms with Crippen molar-refractivity contribution in [1.82, 2.24) is 9.78 Å². The van der Waals surface area contributed by atoms with Crippen molar-refractivity contribution in [1.29, 1.82) is 0 Å². The van der Waals surface area contributed by atoms with Crippen molar-refractivity contribution in [2.24, 2.45) is 0 Å². The Balaban J connectivity index is 2.25. The molecule has 1 aromatic carbocycles. The molecule has 0 saturated carbocycles. The van der Waals surface area contributed by atoms with Gasteiger partial charge in [0.1, 0.15) is 5.82 Å². The maximum atomic E-state index is 13.6. The van der Waals surface area contributed by atoms with Gasteiger partial charge in [-0.2, -0.15) is 5.10 Å². The second kappa shape index (κ2) is 5.72. The lowest BCUT2D eigenvalue weighted by molar-refractivity contribution is 0.166. The van der Waals surface area contributed by atoms with Gasteiger partial charge in [-0.25, -0.2) is 4.39 Å². The second-order valence-corrected chi connectivity index (χ2v) is 4.92. The summed E-state index contributed by atoms with van der Waals surface area (Å²) in [5, 5.41) is 15.0. The van der Waals surface area contributed by atoms with E-state index in [0.717, 1.165) is 5.69 Å². The minimum Gasteiger partial charge on any atom is -0.386 e. The Kier molecular flexibility index (Phi) is 4.22. The van der Waals surface area contributed by atoms with Crippen LogP contribution in [0.3, 0.4) is 0 Å². The molecule has 0 saturated heterocycles. The number of aliphatic hydroxyl groups excluding tert-OH is 1. The summed E-state index contributed by atoms with van der Waals surface area (Å²) < 4.78 is 15.4. The standard InChI is InChI=1S/C14H16ClFN2O/c1-3-18-13(6-9(2)17-18)14(19)8-10-7-11(15)4-5-12(10)16/h4-7,14,19H,3,8H2,1-2H3. The molecule has 1 aromatic heterocycles. The van der Waals surface area contributed by atoms with E-state index in [4.69, 9.17) is 11.6 Å². The van der Waals surface area contributed by atoms with Crippen LogP contribution in [0.4, 0.5) is 4.39 Å². The van der Waals surface area contributed by atoms with Crippen LogP contribution in [-0.4, -0.2) is 14.9 Å². The first kappa shape index (κ1) is 14.0. The van der Waals surface area contributed by atoms with Gasteiger partial charge in [-0.05, 0) is 43.7 Å². The van der Waals surface area contributed by atoms with Crippen LogP contribution in [0.25, 0.3) is 0 Å². The summed E-state index contributed by atoms with van der Waals surface area (Å²) in [6, 6.07) is 6.16. The number of benzene rings is 1. The van der Waals surface area contributed by atoms with Crippen molar-refractivity contribution in [3.05, 3.63) is 52.1 Å². The van der Waals surface area contributed by atoms with Crippen LogP contribution in [0.5, 0.6) is 0 Å². The lowest BCUT2D eigenvalue weighted by Crippen LogP contribution is -2.10. The summed E-state index contributed by atoms with van der Waals surface area (Å²) in [5.41, 5.74) is 1.93. The number of aromatic nitrogens is 2. The van der Waals surface area contributed by atoms with E-state index in [0.29, 0.717) is 22.8 Å². The minimum absolute atomic E-state index is 0.178. The number of hydrogen-bond donors (Lipinski definition) is 1. The highest BCUT2D eigenvalue weighted by Gasteiger charge is 2.16. The number of aryl methyl sites for hydroxylation is 2. The van der Waals surface area contributed by atoms with Gasteiger partial charge in [0.15, 0.2) is 0 Å². The van der Waals surface area contributed by atoms with E-state index < -0.39 is 6.10 Å². The fraction of sp³-hybridized carbons (Fsp3) is 0.357. The normalized spacial score (nSPS) is 12.7. The summed E-state index contributed by atoms with van der Waals surface area (Å²) >= 11 is 5.84. The van der Waals surface area contributed by atoms with Gasteiger partial charge in [-0.3, -0.25) is 4.68 Å². The average molecular weight is 283 g/mol. The zero-order valence-electron chi connectivity index (χ0n) is 10.9. The van der Waals surface area contributed by atoms with E-state index in [2.05, 4.69) is 5.10 Å². The van der Waals surface area contributed by atoms with Crippen molar-refractivity contribution >= 4 is 11.6 Å². The van der Waals surface area contributed by atoms with Crippen molar-refractivity contribution in [2.75, 3.05) is 0 Å². The largest absolute Gasteiger partial charge is 0.386 e. The molecule has 1 heterocycles. The van der Waals surface area contributed by atoms with Crippen LogP contribution in [0.2, 0.25) is 5.02 Å². The van der Waals surface area contributed by atoms with Crippen LogP contribution in [0, 0.1) is 12.7 Å². The first-order valence-electron chi connectivity index (χ1n) is 6.17. The molecule has 0 aliphatic heterocycles. The van der Waals surface area contributed by atoms with Gasteiger partial charge >= 0.3 is 0 Å². The lowest BCUT2D eigenvalue weighted by Gasteiger charge is -2.13. The number of halogens is 2. The molecular weight excluding hydrogens is 267 g/mol. The Morgan fingerprint density at radius 1 is 1.42 bits per heavy atom. The number of nitrogens with zero attached hydrogens (tertiary/aromatic N) is 2. The Bertz CT molecular complexity index is 583. The lowest BCUT2D eigenvalue weighted by atomic mass is 10.0. The van der Waals surface area contributed by atoms with Crippen molar-refractivity contribution in [3.63, 3.8) is 0 Å². The molecule has 0 radical (unpaired) electrons. The highest BCUT2D eigenvalue weighted by atomic mass is 35.5. The van der Waals surface area contributed by atoms with Gasteiger partial charge in [-0.1, -0.05) is 11.6 Å². The molecule has 1 unspecified atom stereocenters. The molecule has 2 rings (SSSR count). The third-order valence-electron chi connectivity index (χ3n) is 3.00. The average Bonchev–Trinajstić information content (AvgIpc) is 2.75. The summed E-state index contributed by atoms with van der Waals surface area (Å²) in [7, 11) is 0. The molecular formula is C14H16ClFN2O. The minimum atomic E-state index is -0.797. The van der Waals surface area contributed by atoms with Crippen LogP contribution >= 0.6 is 11.6 Å². The first-order valence-corrected chi connectivity index (χ1v) is 6.55. The number of rotatable bonds is 4. The zero-order chi connectivity index (χ0) is 14.0. The third kappa shape index (κ3) is 3.14. The second-order valence-electron chi connectivity index (χ2n) is 4.48. The van der Waals surface area contributed by atoms with Gasteiger partial charge in [0.05, 0.1) is 17.5 Å². The predicted molar refractivity (Wildman–Crippen MR) is 72.7 cm³/mol. The molecule has 2 aromatic rings. The van der Waals surface area contributed by atoms with E-state index in [1.165, 1.54) is 12.1 Å². The summed E-state index contributed by atoms with van der Waals surface area (Å²) in [5.74, 6) is -0.359. The molecule has 0 aliphatic rings. The SMILES string of the molecule is CCn1nc(C)cc1C(O)Cc1cc(Cl)ccc1F. The third-order valence-corrected chi connectivity index (χ3v) is 3.23. The molecule has 0 aliphatic carbocycles. The van der Waals surface area contributed by atoms with Gasteiger partial charge in [0.2, 0.25) is 0 Å². The maximum absolute atomic E-state index is 13.6. The molecule has 0 bridgehead atoms. The fourth-order valence-corrected chi connectivity index (χ4v) is 2.29. The Hall–Kier alpha value is -1.39. The molecule has 19 heavy (non-hydrogen) atoms. The van der Waals surface area contributed by atoms with Crippen LogP contribution in [-0.2, 0) is 13.0 Å². The first-order chi connectivity index (χ1) is 9.01. The van der Waals surface area contributed by atoms with Gasteiger partial charge in [0.25, 0.3) is 0 Å². The Labute approximate surface area is 116 Å². The molecule has 5 heteroatoms. The Morgan fingerprint density at radius 2 is 2.16 bits per heavy atom. The topological polar surface area (TPSA) is 38.0 Å². The van der Waals surface area contributed by atoms with Crippen molar-refractivity contribution in [3.8, 4) is 0 Å². The zero-order valence-corrected chi connectivity index (χ0v) is 11.7. The van der Waals surface area contributed by atoms with Crippen molar-refractivity contribution < 1.29 is 9.50 Å². The predicted octanol–water partition coefficient (Wildman–Crippen LogP) is 3.28. The van der Waals surface area contributed by atoms with E-state index in [1.54, 1.807) is 10.7 Å². The fourth-order valence-electron chi connectivity index (χ4n) is 2.10. The molecule has 1 atom stereocenters. The highest BCUT2D eigenvalue weighted by molar-refractivity contribution is 6.30. The van der Waals surface area contributed by atoms with E-state index in [9.17, 15) is 9.50 Å². The summed E-state index contributed by atoms with van der Waals surface area (Å²) in [6.07, 6.45) is -0.619. The van der Waals surface area contributed by atoms with Gasteiger partial charge < -0.3 is 5.11 Å². The summed E-state index contributed by atoms with van der Waals surface area (Å²) in [4.78, 5) is 0. The van der Waals surface area contributed by atoms with Crippen LogP contribution in [0.1, 0.15) is 30.0 Å². The highest BCUT2D eigenvalue weighted by Crippen LogP contribution is 2.23. The van der Waals surface area contributed by atoms with E-state index >= 15 is 0 Å². The molecule has 0 amide bonds. The molecule has 0 spiro atoms. The number of hydrogen-bond acceptors (Lipinski definition) is 2. The molecule has 0 fully saturated rings. The van der Waals surface area contributed by atoms with E-state index in [-0.39, 0.29) is 12.2 Å². The van der Waals surface area contributed by atoms with Crippen LogP contribution in [0.15, 0.2) is 24.3 Å². The van der Waals surface area contributed by atoms with E-state index in [1.807, 2.05) is 19.9 Å². The smallest absolute Gasteiger partial charge is 0.126 e. The monoisotopic (exact) mass is 282 g/mol. The molecule has 102 valence electrons. The Morgan fingerprint density at radius 3 is 2.84 bits per heavy atom. The van der Waals surface area contributed by atoms with Crippen molar-refractivity contribution in [2.45, 2.75) is 32.9 Å². The van der Waals surface area contributed by atoms with Gasteiger partial charge in [-0.15, -0.1) is 0 Å². The summed E-state index contributed by atoms with van der Waals surface area (Å²) in [6.45, 7) is 4.48. The van der Waals surface area contributed by atoms with Crippen LogP contribution < -0.4 is 0 Å². The number of aliphatic hydroxyl groups is 1. The maximum Gasteiger partial charge on any atom is 0.126 e. The molecule has 3 nitrogen and oxygen atoms in total.